The Morgan fingerprint density at radius 2 is 1.92 bits per heavy atom. The maximum absolute atomic E-state index is 12.2. The fourth-order valence-electron chi connectivity index (χ4n) is 2.39. The molecular formula is C17H25NO7S. The summed E-state index contributed by atoms with van der Waals surface area (Å²) in [6, 6.07) is 5.40. The number of amides is 1. The molecule has 1 heterocycles. The minimum atomic E-state index is -3.97. The summed E-state index contributed by atoms with van der Waals surface area (Å²) in [5, 5.41) is 12.5. The van der Waals surface area contributed by atoms with Crippen LogP contribution >= 0.6 is 0 Å². The van der Waals surface area contributed by atoms with Gasteiger partial charge in [0.2, 0.25) is 0 Å². The van der Waals surface area contributed by atoms with Gasteiger partial charge in [-0.15, -0.1) is 0 Å². The first-order chi connectivity index (χ1) is 12.0. The lowest BCUT2D eigenvalue weighted by Crippen LogP contribution is -2.49. The van der Waals surface area contributed by atoms with Crippen LogP contribution in [0.1, 0.15) is 26.3 Å². The number of hydrogen-bond donors (Lipinski definition) is 2. The number of ether oxygens (including phenoxy) is 2. The van der Waals surface area contributed by atoms with Crippen molar-refractivity contribution in [1.82, 2.24) is 5.32 Å². The number of carbonyl (C=O) groups is 1. The molecule has 1 aliphatic heterocycles. The van der Waals surface area contributed by atoms with E-state index in [0.717, 1.165) is 5.56 Å². The molecule has 2 N–H and O–H groups in total. The van der Waals surface area contributed by atoms with Crippen LogP contribution < -0.4 is 5.32 Å². The van der Waals surface area contributed by atoms with Crippen LogP contribution in [-0.2, 0) is 23.8 Å². The number of aliphatic hydroxyl groups is 1. The summed E-state index contributed by atoms with van der Waals surface area (Å²) in [7, 11) is -3.97. The second-order valence-corrected chi connectivity index (χ2v) is 8.78. The van der Waals surface area contributed by atoms with Crippen molar-refractivity contribution in [1.29, 1.82) is 0 Å². The maximum Gasteiger partial charge on any atom is 0.408 e. The summed E-state index contributed by atoms with van der Waals surface area (Å²) in [4.78, 5) is 11.9. The van der Waals surface area contributed by atoms with Crippen molar-refractivity contribution in [2.24, 2.45) is 0 Å². The van der Waals surface area contributed by atoms with Gasteiger partial charge in [-0.25, -0.2) is 4.79 Å². The van der Waals surface area contributed by atoms with Crippen molar-refractivity contribution in [3.63, 3.8) is 0 Å². The number of alkyl carbamates (subject to hydrolysis) is 1. The SMILES string of the molecule is Cc1ccc(S(=O)(=O)OC[C@H]2OC[C@H](O)[C@@H]2NC(=O)OC(C)(C)C)cc1. The van der Waals surface area contributed by atoms with Crippen molar-refractivity contribution >= 4 is 16.2 Å². The van der Waals surface area contributed by atoms with Crippen LogP contribution in [0.4, 0.5) is 4.79 Å². The van der Waals surface area contributed by atoms with Crippen LogP contribution in [0.25, 0.3) is 0 Å². The average Bonchev–Trinajstić information content (AvgIpc) is 2.84. The molecule has 8 nitrogen and oxygen atoms in total. The molecule has 0 spiro atoms. The summed E-state index contributed by atoms with van der Waals surface area (Å²) in [5.74, 6) is 0. The van der Waals surface area contributed by atoms with E-state index in [1.165, 1.54) is 12.1 Å². The van der Waals surface area contributed by atoms with Crippen LogP contribution in [-0.4, -0.2) is 56.7 Å². The van der Waals surface area contributed by atoms with Crippen LogP contribution in [0.2, 0.25) is 0 Å². The molecule has 0 aromatic heterocycles. The molecule has 0 unspecified atom stereocenters. The number of aryl methyl sites for hydroxylation is 1. The lowest BCUT2D eigenvalue weighted by Gasteiger charge is -2.25. The highest BCUT2D eigenvalue weighted by Crippen LogP contribution is 2.19. The zero-order valence-corrected chi connectivity index (χ0v) is 16.1. The van der Waals surface area contributed by atoms with E-state index >= 15 is 0 Å². The molecular weight excluding hydrogens is 362 g/mol. The Balaban J connectivity index is 1.99. The van der Waals surface area contributed by atoms with Gasteiger partial charge in [0, 0.05) is 0 Å². The molecule has 1 saturated heterocycles. The molecule has 1 fully saturated rings. The Labute approximate surface area is 153 Å². The normalized spacial score (nSPS) is 23.7. The predicted molar refractivity (Wildman–Crippen MR) is 93.2 cm³/mol. The molecule has 3 atom stereocenters. The lowest BCUT2D eigenvalue weighted by atomic mass is 10.1. The molecule has 146 valence electrons. The van der Waals surface area contributed by atoms with Crippen molar-refractivity contribution in [3.8, 4) is 0 Å². The molecule has 0 aliphatic carbocycles. The second-order valence-electron chi connectivity index (χ2n) is 7.16. The van der Waals surface area contributed by atoms with E-state index in [0.29, 0.717) is 0 Å². The van der Waals surface area contributed by atoms with Gasteiger partial charge in [0.15, 0.2) is 0 Å². The van der Waals surface area contributed by atoms with Crippen molar-refractivity contribution in [2.75, 3.05) is 13.2 Å². The third kappa shape index (κ3) is 5.66. The highest BCUT2D eigenvalue weighted by Gasteiger charge is 2.39. The summed E-state index contributed by atoms with van der Waals surface area (Å²) < 4.78 is 40.0. The number of rotatable bonds is 5. The number of hydrogen-bond acceptors (Lipinski definition) is 7. The minimum Gasteiger partial charge on any atom is -0.444 e. The highest BCUT2D eigenvalue weighted by atomic mass is 32.2. The van der Waals surface area contributed by atoms with Gasteiger partial charge in [-0.1, -0.05) is 17.7 Å². The van der Waals surface area contributed by atoms with E-state index < -0.39 is 40.1 Å². The zero-order chi connectivity index (χ0) is 19.5. The molecule has 1 aromatic rings. The van der Waals surface area contributed by atoms with Crippen LogP contribution in [0.15, 0.2) is 29.2 Å². The minimum absolute atomic E-state index is 0.0262. The Morgan fingerprint density at radius 3 is 2.50 bits per heavy atom. The predicted octanol–water partition coefficient (Wildman–Crippen LogP) is 1.35. The summed E-state index contributed by atoms with van der Waals surface area (Å²) in [6.07, 6.45) is -2.53. The molecule has 0 radical (unpaired) electrons. The summed E-state index contributed by atoms with van der Waals surface area (Å²) >= 11 is 0. The molecule has 0 bridgehead atoms. The fourth-order valence-corrected chi connectivity index (χ4v) is 3.31. The van der Waals surface area contributed by atoms with E-state index in [9.17, 15) is 18.3 Å². The molecule has 0 saturated carbocycles. The first-order valence-electron chi connectivity index (χ1n) is 8.23. The molecule has 2 rings (SSSR count). The molecule has 9 heteroatoms. The monoisotopic (exact) mass is 387 g/mol. The van der Waals surface area contributed by atoms with E-state index in [-0.39, 0.29) is 18.1 Å². The standard InChI is InChI=1S/C17H25NO7S/c1-11-5-7-12(8-6-11)26(21,22)24-10-14-15(13(19)9-23-14)18-16(20)25-17(2,3)4/h5-8,13-15,19H,9-10H2,1-4H3,(H,18,20)/t13-,14+,15-/m0/s1. The van der Waals surface area contributed by atoms with Crippen molar-refractivity contribution < 1.29 is 32.0 Å². The summed E-state index contributed by atoms with van der Waals surface area (Å²) in [6.45, 7) is 6.60. The first kappa shape index (κ1) is 20.6. The Bertz CT molecular complexity index is 724. The average molecular weight is 387 g/mol. The van der Waals surface area contributed by atoms with E-state index in [1.807, 2.05) is 6.92 Å². The third-order valence-corrected chi connectivity index (χ3v) is 4.97. The van der Waals surface area contributed by atoms with Crippen LogP contribution in [0.5, 0.6) is 0 Å². The van der Waals surface area contributed by atoms with Crippen LogP contribution in [0, 0.1) is 6.92 Å². The van der Waals surface area contributed by atoms with Gasteiger partial charge in [-0.05, 0) is 39.8 Å². The lowest BCUT2D eigenvalue weighted by molar-refractivity contribution is 0.0364. The maximum atomic E-state index is 12.2. The summed E-state index contributed by atoms with van der Waals surface area (Å²) in [5.41, 5.74) is 0.225. The quantitative estimate of drug-likeness (QED) is 0.734. The third-order valence-electron chi connectivity index (χ3n) is 3.68. The Kier molecular flexibility index (Phi) is 6.28. The number of nitrogens with one attached hydrogen (secondary N) is 1. The van der Waals surface area contributed by atoms with Gasteiger partial charge >= 0.3 is 6.09 Å². The van der Waals surface area contributed by atoms with Gasteiger partial charge in [0.25, 0.3) is 10.1 Å². The molecule has 1 aromatic carbocycles. The van der Waals surface area contributed by atoms with Gasteiger partial charge < -0.3 is 19.9 Å². The first-order valence-corrected chi connectivity index (χ1v) is 9.64. The smallest absolute Gasteiger partial charge is 0.408 e. The largest absolute Gasteiger partial charge is 0.444 e. The number of benzene rings is 1. The van der Waals surface area contributed by atoms with Crippen molar-refractivity contribution in [3.05, 3.63) is 29.8 Å². The zero-order valence-electron chi connectivity index (χ0n) is 15.3. The van der Waals surface area contributed by atoms with Crippen LogP contribution in [0.3, 0.4) is 0 Å². The van der Waals surface area contributed by atoms with Gasteiger partial charge in [-0.3, -0.25) is 4.18 Å². The van der Waals surface area contributed by atoms with E-state index in [4.69, 9.17) is 13.7 Å². The van der Waals surface area contributed by atoms with Crippen molar-refractivity contribution in [2.45, 2.75) is 56.4 Å². The molecule has 1 aliphatic rings. The Hall–Kier alpha value is -1.68. The van der Waals surface area contributed by atoms with E-state index in [2.05, 4.69) is 5.32 Å². The van der Waals surface area contributed by atoms with Gasteiger partial charge in [-0.2, -0.15) is 8.42 Å². The second kappa shape index (κ2) is 7.91. The number of carbonyl (C=O) groups excluding carboxylic acids is 1. The topological polar surface area (TPSA) is 111 Å². The number of aliphatic hydroxyl groups excluding tert-OH is 1. The van der Waals surface area contributed by atoms with E-state index in [1.54, 1.807) is 32.9 Å². The molecule has 1 amide bonds. The highest BCUT2D eigenvalue weighted by molar-refractivity contribution is 7.86. The van der Waals surface area contributed by atoms with Gasteiger partial charge in [0.05, 0.1) is 24.2 Å². The fraction of sp³-hybridized carbons (Fsp3) is 0.588. The molecule has 26 heavy (non-hydrogen) atoms. The Morgan fingerprint density at radius 1 is 1.31 bits per heavy atom. The van der Waals surface area contributed by atoms with Gasteiger partial charge in [0.1, 0.15) is 17.8 Å².